The summed E-state index contributed by atoms with van der Waals surface area (Å²) in [4.78, 5) is 16.8. The molecule has 0 saturated carbocycles. The largest absolute Gasteiger partial charge is 0.457 e. The number of benzene rings is 2. The fourth-order valence-corrected chi connectivity index (χ4v) is 4.36. The van der Waals surface area contributed by atoms with Crippen molar-refractivity contribution >= 4 is 5.91 Å². The SMILES string of the molecule is N#CN1C[C@@H]2C[C@@H]1CCN2C(=O)c1cc(-c2ccccc2Oc2ccccc2)[nH]n1. The summed E-state index contributed by atoms with van der Waals surface area (Å²) in [6, 6.07) is 19.4. The van der Waals surface area contributed by atoms with Crippen molar-refractivity contribution in [1.29, 1.82) is 5.26 Å². The summed E-state index contributed by atoms with van der Waals surface area (Å²) >= 11 is 0. The van der Waals surface area contributed by atoms with Crippen LogP contribution in [-0.2, 0) is 0 Å². The number of nitrogens with one attached hydrogen (secondary N) is 1. The normalized spacial score (nSPS) is 20.1. The van der Waals surface area contributed by atoms with Gasteiger partial charge in [-0.2, -0.15) is 10.4 Å². The Morgan fingerprint density at radius 2 is 1.93 bits per heavy atom. The smallest absolute Gasteiger partial charge is 0.274 e. The molecule has 1 N–H and O–H groups in total. The summed E-state index contributed by atoms with van der Waals surface area (Å²) in [7, 11) is 0. The van der Waals surface area contributed by atoms with E-state index in [4.69, 9.17) is 4.74 Å². The minimum atomic E-state index is -0.0952. The zero-order valence-electron chi connectivity index (χ0n) is 16.4. The van der Waals surface area contributed by atoms with Crippen LogP contribution in [0.1, 0.15) is 23.3 Å². The number of rotatable bonds is 4. The van der Waals surface area contributed by atoms with Gasteiger partial charge in [0.1, 0.15) is 11.5 Å². The van der Waals surface area contributed by atoms with Gasteiger partial charge in [-0.3, -0.25) is 9.89 Å². The van der Waals surface area contributed by atoms with Crippen molar-refractivity contribution in [3.63, 3.8) is 0 Å². The highest BCUT2D eigenvalue weighted by atomic mass is 16.5. The number of hydrogen-bond donors (Lipinski definition) is 1. The van der Waals surface area contributed by atoms with Crippen LogP contribution < -0.4 is 4.74 Å². The molecule has 2 saturated heterocycles. The van der Waals surface area contributed by atoms with Crippen molar-refractivity contribution < 1.29 is 9.53 Å². The lowest BCUT2D eigenvalue weighted by Crippen LogP contribution is -2.44. The Kier molecular flexibility index (Phi) is 4.60. The minimum absolute atomic E-state index is 0.0738. The molecule has 3 aromatic rings. The highest BCUT2D eigenvalue weighted by Gasteiger charge is 2.41. The second-order valence-electron chi connectivity index (χ2n) is 7.66. The molecule has 7 nitrogen and oxygen atoms in total. The van der Waals surface area contributed by atoms with Crippen molar-refractivity contribution in [2.24, 2.45) is 0 Å². The maximum atomic E-state index is 13.1. The Bertz CT molecular complexity index is 1100. The molecule has 2 atom stereocenters. The quantitative estimate of drug-likeness (QED) is 0.677. The number of para-hydroxylation sites is 2. The Morgan fingerprint density at radius 3 is 2.77 bits per heavy atom. The van der Waals surface area contributed by atoms with Gasteiger partial charge in [-0.25, -0.2) is 0 Å². The van der Waals surface area contributed by atoms with E-state index in [1.54, 1.807) is 11.0 Å². The predicted molar refractivity (Wildman–Crippen MR) is 111 cm³/mol. The van der Waals surface area contributed by atoms with E-state index in [9.17, 15) is 10.1 Å². The number of carbonyl (C=O) groups excluding carboxylic acids is 1. The van der Waals surface area contributed by atoms with Crippen LogP contribution in [0, 0.1) is 11.5 Å². The summed E-state index contributed by atoms with van der Waals surface area (Å²) < 4.78 is 6.03. The molecule has 7 heteroatoms. The van der Waals surface area contributed by atoms with Gasteiger partial charge in [0, 0.05) is 24.7 Å². The van der Waals surface area contributed by atoms with Crippen LogP contribution in [0.25, 0.3) is 11.3 Å². The summed E-state index contributed by atoms with van der Waals surface area (Å²) in [6.07, 6.45) is 3.92. The number of carbonyl (C=O) groups is 1. The highest BCUT2D eigenvalue weighted by Crippen LogP contribution is 2.34. The number of fused-ring (bicyclic) bond motifs is 2. The Hall–Kier alpha value is -3.79. The Labute approximate surface area is 174 Å². The van der Waals surface area contributed by atoms with E-state index < -0.39 is 0 Å². The van der Waals surface area contributed by atoms with E-state index in [-0.39, 0.29) is 18.0 Å². The molecular weight excluding hydrogens is 378 g/mol. The van der Waals surface area contributed by atoms with Crippen LogP contribution in [0.2, 0.25) is 0 Å². The van der Waals surface area contributed by atoms with Crippen LogP contribution in [0.5, 0.6) is 11.5 Å². The van der Waals surface area contributed by atoms with Crippen molar-refractivity contribution in [2.75, 3.05) is 13.1 Å². The highest BCUT2D eigenvalue weighted by molar-refractivity contribution is 5.94. The van der Waals surface area contributed by atoms with E-state index in [2.05, 4.69) is 16.4 Å². The molecule has 0 radical (unpaired) electrons. The van der Waals surface area contributed by atoms with E-state index >= 15 is 0 Å². The molecule has 3 heterocycles. The number of aromatic amines is 1. The van der Waals surface area contributed by atoms with Gasteiger partial charge in [0.05, 0.1) is 11.7 Å². The second-order valence-corrected chi connectivity index (χ2v) is 7.66. The van der Waals surface area contributed by atoms with Crippen molar-refractivity contribution in [3.8, 4) is 28.9 Å². The summed E-state index contributed by atoms with van der Waals surface area (Å²) in [5.74, 6) is 1.33. The molecule has 150 valence electrons. The van der Waals surface area contributed by atoms with E-state index in [0.29, 0.717) is 24.5 Å². The summed E-state index contributed by atoms with van der Waals surface area (Å²) in [5, 5.41) is 16.5. The van der Waals surface area contributed by atoms with Crippen LogP contribution in [0.4, 0.5) is 0 Å². The molecular formula is C23H21N5O2. The Morgan fingerprint density at radius 1 is 1.13 bits per heavy atom. The number of hydrogen-bond acceptors (Lipinski definition) is 5. The third-order valence-electron chi connectivity index (χ3n) is 5.87. The fourth-order valence-electron chi connectivity index (χ4n) is 4.36. The van der Waals surface area contributed by atoms with Crippen LogP contribution in [0.15, 0.2) is 60.7 Å². The van der Waals surface area contributed by atoms with Gasteiger partial charge in [0.25, 0.3) is 5.91 Å². The number of amides is 1. The molecule has 1 amide bonds. The number of H-pyrrole nitrogens is 1. The van der Waals surface area contributed by atoms with Gasteiger partial charge < -0.3 is 14.5 Å². The van der Waals surface area contributed by atoms with Gasteiger partial charge in [-0.1, -0.05) is 30.3 Å². The van der Waals surface area contributed by atoms with Gasteiger partial charge in [-0.15, -0.1) is 0 Å². The van der Waals surface area contributed by atoms with Gasteiger partial charge >= 0.3 is 0 Å². The molecule has 2 aliphatic rings. The zero-order valence-corrected chi connectivity index (χ0v) is 16.4. The molecule has 5 rings (SSSR count). The van der Waals surface area contributed by atoms with E-state index in [1.807, 2.05) is 59.5 Å². The third-order valence-corrected chi connectivity index (χ3v) is 5.87. The number of likely N-dealkylation sites (tertiary alicyclic amines) is 2. The molecule has 30 heavy (non-hydrogen) atoms. The topological polar surface area (TPSA) is 85.3 Å². The predicted octanol–water partition coefficient (Wildman–Crippen LogP) is 3.64. The fraction of sp³-hybridized carbons (Fsp3) is 0.261. The Balaban J connectivity index is 1.38. The number of nitrogens with zero attached hydrogens (tertiary/aromatic N) is 4. The second kappa shape index (κ2) is 7.56. The maximum Gasteiger partial charge on any atom is 0.274 e. The van der Waals surface area contributed by atoms with E-state index in [1.165, 1.54) is 0 Å². The lowest BCUT2D eigenvalue weighted by molar-refractivity contribution is 0.0651. The molecule has 2 aromatic carbocycles. The first-order chi connectivity index (χ1) is 14.7. The first-order valence-corrected chi connectivity index (χ1v) is 10.1. The zero-order chi connectivity index (χ0) is 20.5. The molecule has 0 aliphatic carbocycles. The molecule has 2 aliphatic heterocycles. The lowest BCUT2D eigenvalue weighted by atomic mass is 10.0. The molecule has 0 unspecified atom stereocenters. The third kappa shape index (κ3) is 3.26. The average Bonchev–Trinajstić information content (AvgIpc) is 3.39. The minimum Gasteiger partial charge on any atom is -0.457 e. The molecule has 1 aromatic heterocycles. The molecule has 0 spiro atoms. The molecule has 2 fully saturated rings. The first-order valence-electron chi connectivity index (χ1n) is 10.1. The standard InChI is InChI=1S/C23H21N5O2/c24-15-27-14-17-12-16(27)10-11-28(17)23(29)21-13-20(25-26-21)19-8-4-5-9-22(19)30-18-6-2-1-3-7-18/h1-9,13,16-17H,10-12,14H2,(H,25,26)/t16-,17-/m0/s1. The maximum absolute atomic E-state index is 13.1. The first kappa shape index (κ1) is 18.3. The van der Waals surface area contributed by atoms with Crippen molar-refractivity contribution in [3.05, 3.63) is 66.4 Å². The average molecular weight is 399 g/mol. The summed E-state index contributed by atoms with van der Waals surface area (Å²) in [5.41, 5.74) is 1.95. The number of piperidine rings is 1. The number of aromatic nitrogens is 2. The lowest BCUT2D eigenvalue weighted by Gasteiger charge is -2.31. The van der Waals surface area contributed by atoms with Crippen LogP contribution in [0.3, 0.4) is 0 Å². The monoisotopic (exact) mass is 399 g/mol. The number of ether oxygens (including phenoxy) is 1. The van der Waals surface area contributed by atoms with E-state index in [0.717, 1.165) is 29.8 Å². The number of nitriles is 1. The van der Waals surface area contributed by atoms with Gasteiger partial charge in [0.15, 0.2) is 11.9 Å². The van der Waals surface area contributed by atoms with Crippen molar-refractivity contribution in [2.45, 2.75) is 24.9 Å². The van der Waals surface area contributed by atoms with Gasteiger partial charge in [0.2, 0.25) is 0 Å². The van der Waals surface area contributed by atoms with Crippen molar-refractivity contribution in [1.82, 2.24) is 20.0 Å². The van der Waals surface area contributed by atoms with Gasteiger partial charge in [-0.05, 0) is 43.2 Å². The molecule has 2 bridgehead atoms. The summed E-state index contributed by atoms with van der Waals surface area (Å²) in [6.45, 7) is 1.26. The van der Waals surface area contributed by atoms with Crippen LogP contribution in [-0.4, -0.2) is 51.1 Å². The van der Waals surface area contributed by atoms with Crippen LogP contribution >= 0.6 is 0 Å².